The Morgan fingerprint density at radius 1 is 1.12 bits per heavy atom. The van der Waals surface area contributed by atoms with Crippen LogP contribution in [0.5, 0.6) is 0 Å². The molecule has 2 N–H and O–H groups in total. The van der Waals surface area contributed by atoms with E-state index in [1.165, 1.54) is 44.9 Å². The van der Waals surface area contributed by atoms with E-state index in [0.717, 1.165) is 11.8 Å². The molecule has 1 nitrogen and oxygen atoms in total. The second kappa shape index (κ2) is 4.81. The molecule has 0 aromatic heterocycles. The van der Waals surface area contributed by atoms with Crippen molar-refractivity contribution in [3.63, 3.8) is 0 Å². The van der Waals surface area contributed by atoms with Gasteiger partial charge in [0, 0.05) is 6.04 Å². The number of benzene rings is 1. The molecule has 1 heteroatoms. The molecule has 0 aliphatic heterocycles. The SMILES string of the molecule is NC(CC1CC1)CC1CCCc2ccccc21. The molecular formula is C16H23N. The van der Waals surface area contributed by atoms with E-state index < -0.39 is 0 Å². The van der Waals surface area contributed by atoms with Gasteiger partial charge >= 0.3 is 0 Å². The molecule has 1 aromatic carbocycles. The van der Waals surface area contributed by atoms with E-state index in [2.05, 4.69) is 24.3 Å². The predicted molar refractivity (Wildman–Crippen MR) is 72.1 cm³/mol. The van der Waals surface area contributed by atoms with Gasteiger partial charge in [-0.15, -0.1) is 0 Å². The fraction of sp³-hybridized carbons (Fsp3) is 0.625. The third kappa shape index (κ3) is 2.71. The van der Waals surface area contributed by atoms with Crippen LogP contribution in [0.15, 0.2) is 24.3 Å². The Balaban J connectivity index is 1.67. The summed E-state index contributed by atoms with van der Waals surface area (Å²) in [6.45, 7) is 0. The first kappa shape index (κ1) is 11.3. The zero-order valence-corrected chi connectivity index (χ0v) is 10.6. The van der Waals surface area contributed by atoms with Crippen LogP contribution in [0.3, 0.4) is 0 Å². The fourth-order valence-electron chi connectivity index (χ4n) is 3.34. The molecule has 1 fully saturated rings. The summed E-state index contributed by atoms with van der Waals surface area (Å²) in [4.78, 5) is 0. The summed E-state index contributed by atoms with van der Waals surface area (Å²) >= 11 is 0. The van der Waals surface area contributed by atoms with Crippen LogP contribution in [0, 0.1) is 5.92 Å². The number of fused-ring (bicyclic) bond motifs is 1. The summed E-state index contributed by atoms with van der Waals surface area (Å²) in [6, 6.07) is 9.41. The zero-order valence-electron chi connectivity index (χ0n) is 10.6. The van der Waals surface area contributed by atoms with Crippen molar-refractivity contribution >= 4 is 0 Å². The Morgan fingerprint density at radius 2 is 1.94 bits per heavy atom. The smallest absolute Gasteiger partial charge is 0.00472 e. The van der Waals surface area contributed by atoms with E-state index in [1.54, 1.807) is 11.1 Å². The van der Waals surface area contributed by atoms with Crippen molar-refractivity contribution in [1.82, 2.24) is 0 Å². The van der Waals surface area contributed by atoms with E-state index in [4.69, 9.17) is 5.73 Å². The van der Waals surface area contributed by atoms with Gasteiger partial charge in [0.1, 0.15) is 0 Å². The Kier molecular flexibility index (Phi) is 3.19. The van der Waals surface area contributed by atoms with Crippen molar-refractivity contribution in [3.8, 4) is 0 Å². The van der Waals surface area contributed by atoms with Crippen LogP contribution in [-0.2, 0) is 6.42 Å². The van der Waals surface area contributed by atoms with Crippen LogP contribution < -0.4 is 5.73 Å². The third-order valence-electron chi connectivity index (χ3n) is 4.41. The minimum Gasteiger partial charge on any atom is -0.328 e. The van der Waals surface area contributed by atoms with Crippen LogP contribution in [0.1, 0.15) is 55.6 Å². The first-order valence-corrected chi connectivity index (χ1v) is 7.16. The van der Waals surface area contributed by atoms with Crippen LogP contribution in [0.2, 0.25) is 0 Å². The van der Waals surface area contributed by atoms with Crippen molar-refractivity contribution in [3.05, 3.63) is 35.4 Å². The molecule has 0 spiro atoms. The van der Waals surface area contributed by atoms with Crippen LogP contribution in [0.4, 0.5) is 0 Å². The Morgan fingerprint density at radius 3 is 2.76 bits per heavy atom. The van der Waals surface area contributed by atoms with Gasteiger partial charge in [0.2, 0.25) is 0 Å². The minimum absolute atomic E-state index is 0.429. The van der Waals surface area contributed by atoms with E-state index in [9.17, 15) is 0 Å². The summed E-state index contributed by atoms with van der Waals surface area (Å²) in [6.07, 6.45) is 9.27. The highest BCUT2D eigenvalue weighted by Gasteiger charge is 2.27. The third-order valence-corrected chi connectivity index (χ3v) is 4.41. The van der Waals surface area contributed by atoms with Crippen molar-refractivity contribution in [2.24, 2.45) is 11.7 Å². The lowest BCUT2D eigenvalue weighted by Crippen LogP contribution is -2.25. The predicted octanol–water partition coefficient (Wildman–Crippen LogP) is 3.62. The molecule has 1 saturated carbocycles. The normalized spacial score (nSPS) is 25.4. The zero-order chi connectivity index (χ0) is 11.7. The molecule has 2 aliphatic carbocycles. The molecule has 2 atom stereocenters. The van der Waals surface area contributed by atoms with Gasteiger partial charge < -0.3 is 5.73 Å². The molecule has 0 amide bonds. The minimum atomic E-state index is 0.429. The molecular weight excluding hydrogens is 206 g/mol. The van der Waals surface area contributed by atoms with Gasteiger partial charge in [-0.05, 0) is 55.1 Å². The standard InChI is InChI=1S/C16H23N/c17-15(10-12-8-9-12)11-14-6-3-5-13-4-1-2-7-16(13)14/h1-2,4,7,12,14-15H,3,5-6,8-11,17H2. The maximum Gasteiger partial charge on any atom is 0.00472 e. The number of hydrogen-bond donors (Lipinski definition) is 1. The van der Waals surface area contributed by atoms with E-state index in [0.29, 0.717) is 6.04 Å². The molecule has 0 radical (unpaired) electrons. The van der Waals surface area contributed by atoms with Gasteiger partial charge in [0.15, 0.2) is 0 Å². The summed E-state index contributed by atoms with van der Waals surface area (Å²) in [5.41, 5.74) is 9.46. The molecule has 0 bridgehead atoms. The Labute approximate surface area is 104 Å². The second-order valence-electron chi connectivity index (χ2n) is 5.96. The number of hydrogen-bond acceptors (Lipinski definition) is 1. The van der Waals surface area contributed by atoms with Gasteiger partial charge in [-0.3, -0.25) is 0 Å². The van der Waals surface area contributed by atoms with Crippen LogP contribution >= 0.6 is 0 Å². The van der Waals surface area contributed by atoms with Crippen molar-refractivity contribution < 1.29 is 0 Å². The lowest BCUT2D eigenvalue weighted by Gasteiger charge is -2.27. The highest BCUT2D eigenvalue weighted by atomic mass is 14.6. The first-order valence-electron chi connectivity index (χ1n) is 7.16. The molecule has 2 aliphatic rings. The van der Waals surface area contributed by atoms with Crippen molar-refractivity contribution in [2.45, 2.75) is 56.9 Å². The maximum atomic E-state index is 6.30. The second-order valence-corrected chi connectivity index (χ2v) is 5.96. The van der Waals surface area contributed by atoms with Gasteiger partial charge in [-0.25, -0.2) is 0 Å². The molecule has 0 saturated heterocycles. The van der Waals surface area contributed by atoms with Gasteiger partial charge in [0.05, 0.1) is 0 Å². The first-order chi connectivity index (χ1) is 8.33. The quantitative estimate of drug-likeness (QED) is 0.838. The van der Waals surface area contributed by atoms with Crippen LogP contribution in [-0.4, -0.2) is 6.04 Å². The average Bonchev–Trinajstić information content (AvgIpc) is 3.13. The van der Waals surface area contributed by atoms with E-state index >= 15 is 0 Å². The molecule has 17 heavy (non-hydrogen) atoms. The monoisotopic (exact) mass is 229 g/mol. The highest BCUT2D eigenvalue weighted by Crippen LogP contribution is 2.38. The van der Waals surface area contributed by atoms with Gasteiger partial charge in [-0.1, -0.05) is 37.1 Å². The van der Waals surface area contributed by atoms with Gasteiger partial charge in [-0.2, -0.15) is 0 Å². The molecule has 92 valence electrons. The summed E-state index contributed by atoms with van der Waals surface area (Å²) in [5.74, 6) is 1.69. The van der Waals surface area contributed by atoms with Crippen molar-refractivity contribution in [2.75, 3.05) is 0 Å². The Bertz CT molecular complexity index is 381. The highest BCUT2D eigenvalue weighted by molar-refractivity contribution is 5.32. The maximum absolute atomic E-state index is 6.30. The molecule has 2 unspecified atom stereocenters. The van der Waals surface area contributed by atoms with Crippen molar-refractivity contribution in [1.29, 1.82) is 0 Å². The van der Waals surface area contributed by atoms with E-state index in [-0.39, 0.29) is 0 Å². The number of nitrogens with two attached hydrogens (primary N) is 1. The average molecular weight is 229 g/mol. The fourth-order valence-corrected chi connectivity index (χ4v) is 3.34. The molecule has 3 rings (SSSR count). The lowest BCUT2D eigenvalue weighted by atomic mass is 9.79. The van der Waals surface area contributed by atoms with Crippen LogP contribution in [0.25, 0.3) is 0 Å². The topological polar surface area (TPSA) is 26.0 Å². The summed E-state index contributed by atoms with van der Waals surface area (Å²) in [5, 5.41) is 0. The summed E-state index contributed by atoms with van der Waals surface area (Å²) in [7, 11) is 0. The number of rotatable bonds is 4. The molecule has 1 aromatic rings. The lowest BCUT2D eigenvalue weighted by molar-refractivity contribution is 0.440. The number of aryl methyl sites for hydroxylation is 1. The Hall–Kier alpha value is -0.820. The van der Waals surface area contributed by atoms with Gasteiger partial charge in [0.25, 0.3) is 0 Å². The largest absolute Gasteiger partial charge is 0.328 e. The summed E-state index contributed by atoms with van der Waals surface area (Å²) < 4.78 is 0. The van der Waals surface area contributed by atoms with E-state index in [1.807, 2.05) is 0 Å². The molecule has 0 heterocycles.